The zero-order valence-electron chi connectivity index (χ0n) is 17.8. The maximum absolute atomic E-state index is 13.6. The lowest BCUT2D eigenvalue weighted by Gasteiger charge is -2.31. The van der Waals surface area contributed by atoms with E-state index in [2.05, 4.69) is 10.1 Å². The van der Waals surface area contributed by atoms with Gasteiger partial charge in [-0.3, -0.25) is 9.59 Å². The number of hydrogen-bond acceptors (Lipinski definition) is 6. The minimum absolute atomic E-state index is 0.0291. The van der Waals surface area contributed by atoms with Crippen LogP contribution in [0.5, 0.6) is 5.75 Å². The molecule has 1 atom stereocenters. The molecule has 8 heteroatoms. The highest BCUT2D eigenvalue weighted by molar-refractivity contribution is 5.91. The van der Waals surface area contributed by atoms with Gasteiger partial charge in [-0.05, 0) is 43.9 Å². The number of nitrogens with zero attached hydrogens (tertiary/aromatic N) is 4. The summed E-state index contributed by atoms with van der Waals surface area (Å²) in [5.41, 5.74) is 0.537. The molecule has 1 aromatic heterocycles. The summed E-state index contributed by atoms with van der Waals surface area (Å²) in [5.74, 6) is 1.83. The van der Waals surface area contributed by atoms with Crippen LogP contribution in [0.15, 0.2) is 28.8 Å². The second-order valence-electron chi connectivity index (χ2n) is 8.05. The van der Waals surface area contributed by atoms with E-state index in [0.717, 1.165) is 30.6 Å². The van der Waals surface area contributed by atoms with Gasteiger partial charge in [-0.1, -0.05) is 24.2 Å². The summed E-state index contributed by atoms with van der Waals surface area (Å²) in [4.78, 5) is 34.3. The fourth-order valence-electron chi connectivity index (χ4n) is 4.30. The zero-order valence-corrected chi connectivity index (χ0v) is 17.8. The molecule has 160 valence electrons. The van der Waals surface area contributed by atoms with Crippen LogP contribution in [0.3, 0.4) is 0 Å². The Morgan fingerprint density at radius 1 is 1.23 bits per heavy atom. The van der Waals surface area contributed by atoms with E-state index >= 15 is 0 Å². The van der Waals surface area contributed by atoms with E-state index in [9.17, 15) is 9.59 Å². The number of ether oxygens (including phenoxy) is 1. The van der Waals surface area contributed by atoms with Crippen LogP contribution in [0, 0.1) is 6.92 Å². The van der Waals surface area contributed by atoms with Gasteiger partial charge in [-0.25, -0.2) is 0 Å². The molecule has 2 amide bonds. The van der Waals surface area contributed by atoms with Gasteiger partial charge >= 0.3 is 0 Å². The van der Waals surface area contributed by atoms with Crippen LogP contribution < -0.4 is 4.74 Å². The van der Waals surface area contributed by atoms with Crippen molar-refractivity contribution in [1.82, 2.24) is 19.9 Å². The van der Waals surface area contributed by atoms with E-state index in [0.29, 0.717) is 37.8 Å². The number of carbonyl (C=O) groups is 2. The Kier molecular flexibility index (Phi) is 5.49. The molecule has 30 heavy (non-hydrogen) atoms. The number of methoxy groups -OCH3 is 1. The average Bonchev–Trinajstić information content (AvgIpc) is 3.52. The third-order valence-electron chi connectivity index (χ3n) is 6.14. The third kappa shape index (κ3) is 3.66. The first-order valence-corrected chi connectivity index (χ1v) is 10.5. The minimum Gasteiger partial charge on any atom is -0.497 e. The van der Waals surface area contributed by atoms with E-state index in [4.69, 9.17) is 9.26 Å². The molecule has 8 nitrogen and oxygen atoms in total. The number of rotatable bonds is 5. The molecule has 1 aliphatic carbocycles. The number of amides is 2. The summed E-state index contributed by atoms with van der Waals surface area (Å²) in [5, 5.41) is 3.90. The zero-order chi connectivity index (χ0) is 21.3. The maximum atomic E-state index is 13.6. The second kappa shape index (κ2) is 8.08. The molecule has 0 N–H and O–H groups in total. The molecule has 1 unspecified atom stereocenters. The standard InChI is InChI=1S/C22H28N4O4/c1-4-19(27)26-13-5-12-25(14-18(26)20-23-15(2)24-30-20)21(28)22(10-11-22)16-6-8-17(29-3)9-7-16/h6-9,18H,4-5,10-14H2,1-3H3. The molecule has 0 radical (unpaired) electrons. The quantitative estimate of drug-likeness (QED) is 0.750. The summed E-state index contributed by atoms with van der Waals surface area (Å²) < 4.78 is 10.7. The van der Waals surface area contributed by atoms with E-state index in [1.807, 2.05) is 36.1 Å². The van der Waals surface area contributed by atoms with Gasteiger partial charge in [-0.15, -0.1) is 0 Å². The van der Waals surface area contributed by atoms with Crippen molar-refractivity contribution in [3.63, 3.8) is 0 Å². The normalized spacial score (nSPS) is 20.6. The fraction of sp³-hybridized carbons (Fsp3) is 0.545. The Labute approximate surface area is 176 Å². The van der Waals surface area contributed by atoms with Gasteiger partial charge in [0, 0.05) is 19.5 Å². The highest BCUT2D eigenvalue weighted by atomic mass is 16.5. The molecule has 0 bridgehead atoms. The lowest BCUT2D eigenvalue weighted by Crippen LogP contribution is -2.43. The van der Waals surface area contributed by atoms with Gasteiger partial charge in [0.15, 0.2) is 5.82 Å². The topological polar surface area (TPSA) is 88.8 Å². The number of hydrogen-bond donors (Lipinski definition) is 0. The highest BCUT2D eigenvalue weighted by Gasteiger charge is 2.53. The van der Waals surface area contributed by atoms with Crippen molar-refractivity contribution in [3.05, 3.63) is 41.5 Å². The Hall–Kier alpha value is -2.90. The molecule has 2 aliphatic rings. The van der Waals surface area contributed by atoms with Gasteiger partial charge < -0.3 is 19.1 Å². The third-order valence-corrected chi connectivity index (χ3v) is 6.14. The van der Waals surface area contributed by atoms with Crippen LogP contribution in [-0.2, 0) is 15.0 Å². The minimum atomic E-state index is -0.481. The molecule has 1 saturated heterocycles. The Bertz CT molecular complexity index is 919. The fourth-order valence-corrected chi connectivity index (χ4v) is 4.30. The molecular formula is C22H28N4O4. The Balaban J connectivity index is 1.60. The lowest BCUT2D eigenvalue weighted by atomic mass is 9.94. The summed E-state index contributed by atoms with van der Waals surface area (Å²) in [7, 11) is 1.63. The van der Waals surface area contributed by atoms with E-state index < -0.39 is 11.5 Å². The second-order valence-corrected chi connectivity index (χ2v) is 8.05. The van der Waals surface area contributed by atoms with Crippen LogP contribution in [0.1, 0.15) is 55.9 Å². The van der Waals surface area contributed by atoms with Crippen LogP contribution in [0.25, 0.3) is 0 Å². The summed E-state index contributed by atoms with van der Waals surface area (Å²) in [6.45, 7) is 5.13. The molecule has 4 rings (SSSR count). The smallest absolute Gasteiger partial charge is 0.251 e. The van der Waals surface area contributed by atoms with Crippen molar-refractivity contribution in [2.24, 2.45) is 0 Å². The van der Waals surface area contributed by atoms with Crippen LogP contribution >= 0.6 is 0 Å². The van der Waals surface area contributed by atoms with E-state index in [1.165, 1.54) is 0 Å². The largest absolute Gasteiger partial charge is 0.497 e. The molecule has 1 saturated carbocycles. The Morgan fingerprint density at radius 2 is 1.97 bits per heavy atom. The van der Waals surface area contributed by atoms with Gasteiger partial charge in [0.25, 0.3) is 5.89 Å². The number of aryl methyl sites for hydroxylation is 1. The number of carbonyl (C=O) groups excluding carboxylic acids is 2. The van der Waals surface area contributed by atoms with Crippen LogP contribution in [0.2, 0.25) is 0 Å². The van der Waals surface area contributed by atoms with Gasteiger partial charge in [0.2, 0.25) is 11.8 Å². The van der Waals surface area contributed by atoms with Gasteiger partial charge in [0.05, 0.1) is 19.1 Å². The lowest BCUT2D eigenvalue weighted by molar-refractivity contribution is -0.137. The summed E-state index contributed by atoms with van der Waals surface area (Å²) in [6.07, 6.45) is 2.78. The Morgan fingerprint density at radius 3 is 2.53 bits per heavy atom. The molecule has 2 aromatic rings. The van der Waals surface area contributed by atoms with Crippen molar-refractivity contribution >= 4 is 11.8 Å². The maximum Gasteiger partial charge on any atom is 0.251 e. The first-order valence-electron chi connectivity index (χ1n) is 10.5. The van der Waals surface area contributed by atoms with Crippen LogP contribution in [0.4, 0.5) is 0 Å². The van der Waals surface area contributed by atoms with E-state index in [1.54, 1.807) is 18.9 Å². The monoisotopic (exact) mass is 412 g/mol. The number of aromatic nitrogens is 2. The van der Waals surface area contributed by atoms with Crippen molar-refractivity contribution in [3.8, 4) is 5.75 Å². The summed E-state index contributed by atoms with van der Waals surface area (Å²) >= 11 is 0. The van der Waals surface area contributed by atoms with Gasteiger partial charge in [-0.2, -0.15) is 4.98 Å². The average molecular weight is 412 g/mol. The molecule has 2 fully saturated rings. The molecule has 2 heterocycles. The van der Waals surface area contributed by atoms with E-state index in [-0.39, 0.29) is 11.8 Å². The molecular weight excluding hydrogens is 384 g/mol. The molecule has 1 aliphatic heterocycles. The van der Waals surface area contributed by atoms with Gasteiger partial charge in [0.1, 0.15) is 11.8 Å². The van der Waals surface area contributed by atoms with Crippen molar-refractivity contribution in [1.29, 1.82) is 0 Å². The number of benzene rings is 1. The molecule has 0 spiro atoms. The summed E-state index contributed by atoms with van der Waals surface area (Å²) in [6, 6.07) is 7.34. The predicted octanol–water partition coefficient (Wildman–Crippen LogP) is 2.63. The molecule has 1 aromatic carbocycles. The van der Waals surface area contributed by atoms with Crippen molar-refractivity contribution < 1.29 is 18.8 Å². The first-order chi connectivity index (χ1) is 14.5. The van der Waals surface area contributed by atoms with Crippen LogP contribution in [-0.4, -0.2) is 58.5 Å². The SMILES string of the molecule is CCC(=O)N1CCCN(C(=O)C2(c3ccc(OC)cc3)CC2)CC1c1nc(C)no1. The first kappa shape index (κ1) is 20.4. The highest BCUT2D eigenvalue weighted by Crippen LogP contribution is 2.50. The predicted molar refractivity (Wildman–Crippen MR) is 109 cm³/mol. The van der Waals surface area contributed by atoms with Crippen molar-refractivity contribution in [2.45, 2.75) is 51.0 Å². The van der Waals surface area contributed by atoms with Crippen molar-refractivity contribution in [2.75, 3.05) is 26.7 Å².